The highest BCUT2D eigenvalue weighted by atomic mass is 19.3. The molecule has 1 aromatic rings. The maximum Gasteiger partial charge on any atom is 0.410 e. The van der Waals surface area contributed by atoms with E-state index in [2.05, 4.69) is 9.47 Å². The Balaban J connectivity index is 3.04. The van der Waals surface area contributed by atoms with Gasteiger partial charge in [0.25, 0.3) is 0 Å². The monoisotopic (exact) mass is 261 g/mol. The molecule has 0 spiro atoms. The number of halogens is 2. The summed E-state index contributed by atoms with van der Waals surface area (Å²) in [7, 11) is 2.48. The molecule has 0 radical (unpaired) electrons. The average Bonchev–Trinajstić information content (AvgIpc) is 2.38. The van der Waals surface area contributed by atoms with Crippen molar-refractivity contribution in [1.82, 2.24) is 0 Å². The van der Waals surface area contributed by atoms with Gasteiger partial charge in [-0.15, -0.1) is 0 Å². The molecule has 0 amide bonds. The number of carbonyl (C=O) groups excluding carboxylic acids is 1. The van der Waals surface area contributed by atoms with E-state index in [1.165, 1.54) is 32.4 Å². The summed E-state index contributed by atoms with van der Waals surface area (Å²) in [6.07, 6.45) is -3.50. The highest BCUT2D eigenvalue weighted by molar-refractivity contribution is 5.90. The normalized spacial score (nSPS) is 10.9. The Kier molecular flexibility index (Phi) is 4.43. The molecule has 0 aliphatic heterocycles. The predicted molar refractivity (Wildman–Crippen MR) is 59.0 cm³/mol. The first-order chi connectivity index (χ1) is 8.43. The first-order valence-electron chi connectivity index (χ1n) is 4.96. The van der Waals surface area contributed by atoms with Crippen molar-refractivity contribution in [2.75, 3.05) is 20.8 Å². The molecular formula is C11H13F2NO4. The predicted octanol–water partition coefficient (Wildman–Crippen LogP) is 1.41. The molecule has 100 valence electrons. The minimum absolute atomic E-state index is 0.00831. The first-order valence-corrected chi connectivity index (χ1v) is 4.96. The molecule has 0 aliphatic carbocycles. The molecular weight excluding hydrogens is 248 g/mol. The smallest absolute Gasteiger partial charge is 0.410 e. The summed E-state index contributed by atoms with van der Waals surface area (Å²) < 4.78 is 39.7. The van der Waals surface area contributed by atoms with E-state index in [0.29, 0.717) is 0 Å². The number of rotatable bonds is 5. The summed E-state index contributed by atoms with van der Waals surface area (Å²) in [6.45, 7) is -0.963. The second-order valence-corrected chi connectivity index (χ2v) is 3.30. The zero-order valence-electron chi connectivity index (χ0n) is 9.91. The molecule has 0 aromatic heterocycles. The van der Waals surface area contributed by atoms with Crippen molar-refractivity contribution in [3.05, 3.63) is 23.8 Å². The van der Waals surface area contributed by atoms with E-state index in [4.69, 9.17) is 10.5 Å². The molecule has 0 saturated heterocycles. The number of benzene rings is 1. The van der Waals surface area contributed by atoms with E-state index in [-0.39, 0.29) is 17.1 Å². The van der Waals surface area contributed by atoms with Crippen LogP contribution >= 0.6 is 0 Å². The Morgan fingerprint density at radius 3 is 2.50 bits per heavy atom. The van der Waals surface area contributed by atoms with Gasteiger partial charge in [0.2, 0.25) is 0 Å². The third kappa shape index (κ3) is 3.30. The molecule has 7 heteroatoms. The Labute approximate surface area is 102 Å². The number of alkyl halides is 2. The van der Waals surface area contributed by atoms with Gasteiger partial charge in [0.1, 0.15) is 0 Å². The third-order valence-electron chi connectivity index (χ3n) is 2.08. The number of methoxy groups -OCH3 is 2. The number of carbonyl (C=O) groups is 1. The molecule has 1 rings (SSSR count). The van der Waals surface area contributed by atoms with Crippen LogP contribution in [0.3, 0.4) is 0 Å². The van der Waals surface area contributed by atoms with Crippen LogP contribution in [0.4, 0.5) is 8.78 Å². The minimum atomic E-state index is -3.50. The van der Waals surface area contributed by atoms with Gasteiger partial charge in [-0.3, -0.25) is 0 Å². The van der Waals surface area contributed by atoms with Crippen LogP contribution in [-0.4, -0.2) is 32.8 Å². The Bertz CT molecular complexity index is 437. The summed E-state index contributed by atoms with van der Waals surface area (Å²) in [5.74, 6) is -0.822. The van der Waals surface area contributed by atoms with Crippen LogP contribution in [0.2, 0.25) is 0 Å². The zero-order valence-corrected chi connectivity index (χ0v) is 9.91. The molecule has 0 atom stereocenters. The largest absolute Gasteiger partial charge is 0.493 e. The molecule has 0 bridgehead atoms. The van der Waals surface area contributed by atoms with Gasteiger partial charge < -0.3 is 19.9 Å². The number of hydrogen-bond acceptors (Lipinski definition) is 5. The van der Waals surface area contributed by atoms with Gasteiger partial charge in [-0.1, -0.05) is 0 Å². The van der Waals surface area contributed by atoms with Crippen molar-refractivity contribution < 1.29 is 27.8 Å². The SMILES string of the molecule is COC(=O)c1ccc(OC(F)(F)CN)c(OC)c1. The average molecular weight is 261 g/mol. The summed E-state index contributed by atoms with van der Waals surface area (Å²) in [4.78, 5) is 11.2. The lowest BCUT2D eigenvalue weighted by atomic mass is 10.2. The van der Waals surface area contributed by atoms with E-state index in [9.17, 15) is 13.6 Å². The lowest BCUT2D eigenvalue weighted by Gasteiger charge is -2.18. The molecule has 0 saturated carbocycles. The fourth-order valence-electron chi connectivity index (χ4n) is 1.20. The van der Waals surface area contributed by atoms with Crippen LogP contribution in [0.25, 0.3) is 0 Å². The van der Waals surface area contributed by atoms with E-state index < -0.39 is 18.6 Å². The van der Waals surface area contributed by atoms with Crippen molar-refractivity contribution in [3.63, 3.8) is 0 Å². The number of esters is 1. The fourth-order valence-corrected chi connectivity index (χ4v) is 1.20. The molecule has 0 fully saturated rings. The van der Waals surface area contributed by atoms with Crippen molar-refractivity contribution in [2.45, 2.75) is 6.11 Å². The van der Waals surface area contributed by atoms with E-state index >= 15 is 0 Å². The van der Waals surface area contributed by atoms with Crippen LogP contribution < -0.4 is 15.2 Å². The molecule has 5 nitrogen and oxygen atoms in total. The molecule has 0 heterocycles. The molecule has 2 N–H and O–H groups in total. The number of ether oxygens (including phenoxy) is 3. The van der Waals surface area contributed by atoms with Gasteiger partial charge in [0.05, 0.1) is 26.3 Å². The zero-order chi connectivity index (χ0) is 13.8. The summed E-state index contributed by atoms with van der Waals surface area (Å²) >= 11 is 0. The third-order valence-corrected chi connectivity index (χ3v) is 2.08. The Morgan fingerprint density at radius 2 is 2.00 bits per heavy atom. The lowest BCUT2D eigenvalue weighted by Crippen LogP contribution is -2.34. The van der Waals surface area contributed by atoms with E-state index in [1.54, 1.807) is 0 Å². The highest BCUT2D eigenvalue weighted by Crippen LogP contribution is 2.32. The maximum atomic E-state index is 13.0. The molecule has 18 heavy (non-hydrogen) atoms. The quantitative estimate of drug-likeness (QED) is 0.811. The van der Waals surface area contributed by atoms with Gasteiger partial charge in [-0.05, 0) is 18.2 Å². The first kappa shape index (κ1) is 14.2. The topological polar surface area (TPSA) is 70.8 Å². The summed E-state index contributed by atoms with van der Waals surface area (Å²) in [6, 6.07) is 3.72. The van der Waals surface area contributed by atoms with Crippen molar-refractivity contribution in [2.24, 2.45) is 5.73 Å². The van der Waals surface area contributed by atoms with Crippen molar-refractivity contribution in [1.29, 1.82) is 0 Å². The van der Waals surface area contributed by atoms with Crippen molar-refractivity contribution in [3.8, 4) is 11.5 Å². The van der Waals surface area contributed by atoms with E-state index in [1.807, 2.05) is 0 Å². The molecule has 0 unspecified atom stereocenters. The minimum Gasteiger partial charge on any atom is -0.493 e. The fraction of sp³-hybridized carbons (Fsp3) is 0.364. The highest BCUT2D eigenvalue weighted by Gasteiger charge is 2.30. The van der Waals surface area contributed by atoms with Crippen molar-refractivity contribution >= 4 is 5.97 Å². The van der Waals surface area contributed by atoms with Crippen LogP contribution in [-0.2, 0) is 4.74 Å². The maximum absolute atomic E-state index is 13.0. The van der Waals surface area contributed by atoms with Gasteiger partial charge in [-0.25, -0.2) is 4.79 Å². The Morgan fingerprint density at radius 1 is 1.33 bits per heavy atom. The van der Waals surface area contributed by atoms with Gasteiger partial charge in [-0.2, -0.15) is 8.78 Å². The van der Waals surface area contributed by atoms with Crippen LogP contribution in [0.5, 0.6) is 11.5 Å². The number of hydrogen-bond donors (Lipinski definition) is 1. The Hall–Kier alpha value is -1.89. The molecule has 1 aromatic carbocycles. The summed E-state index contributed by atoms with van der Waals surface area (Å²) in [5.41, 5.74) is 5.02. The summed E-state index contributed by atoms with van der Waals surface area (Å²) in [5, 5.41) is 0. The van der Waals surface area contributed by atoms with Gasteiger partial charge >= 0.3 is 12.1 Å². The lowest BCUT2D eigenvalue weighted by molar-refractivity contribution is -0.167. The second-order valence-electron chi connectivity index (χ2n) is 3.30. The number of nitrogens with two attached hydrogens (primary N) is 1. The standard InChI is InChI=1S/C11H13F2NO4/c1-16-9-5-7(10(15)17-2)3-4-8(9)18-11(12,13)6-14/h3-5H,6,14H2,1-2H3. The molecule has 0 aliphatic rings. The second kappa shape index (κ2) is 5.63. The van der Waals surface area contributed by atoms with Gasteiger partial charge in [0.15, 0.2) is 11.5 Å². The van der Waals surface area contributed by atoms with Crippen LogP contribution in [0.1, 0.15) is 10.4 Å². The van der Waals surface area contributed by atoms with Crippen LogP contribution in [0, 0.1) is 0 Å². The van der Waals surface area contributed by atoms with E-state index in [0.717, 1.165) is 0 Å². The van der Waals surface area contributed by atoms with Gasteiger partial charge in [0, 0.05) is 0 Å². The van der Waals surface area contributed by atoms with Crippen LogP contribution in [0.15, 0.2) is 18.2 Å².